The van der Waals surface area contributed by atoms with Gasteiger partial charge in [-0.25, -0.2) is 4.98 Å². The molecule has 0 aliphatic carbocycles. The van der Waals surface area contributed by atoms with Gasteiger partial charge in [-0.2, -0.15) is 0 Å². The van der Waals surface area contributed by atoms with Gasteiger partial charge in [-0.05, 0) is 31.9 Å². The summed E-state index contributed by atoms with van der Waals surface area (Å²) in [5.41, 5.74) is 4.61. The maximum Gasteiger partial charge on any atom is 0.254 e. The fourth-order valence-corrected chi connectivity index (χ4v) is 3.81. The zero-order chi connectivity index (χ0) is 18.3. The third kappa shape index (κ3) is 2.92. The number of H-pyrrole nitrogens is 2. The van der Waals surface area contributed by atoms with Crippen LogP contribution >= 0.6 is 0 Å². The van der Waals surface area contributed by atoms with Crippen molar-refractivity contribution in [3.8, 4) is 0 Å². The number of hydrogen-bond donors (Lipinski definition) is 2. The highest BCUT2D eigenvalue weighted by Gasteiger charge is 2.22. The quantitative estimate of drug-likeness (QED) is 0.742. The van der Waals surface area contributed by atoms with E-state index in [4.69, 9.17) is 0 Å². The average Bonchev–Trinajstić information content (AvgIpc) is 2.78. The maximum absolute atomic E-state index is 12.9. The van der Waals surface area contributed by atoms with E-state index in [1.807, 2.05) is 36.1 Å². The third-order valence-electron chi connectivity index (χ3n) is 5.18. The molecule has 0 unspecified atom stereocenters. The van der Waals surface area contributed by atoms with Crippen LogP contribution in [0.25, 0.3) is 10.9 Å². The van der Waals surface area contributed by atoms with Crippen LogP contribution in [-0.2, 0) is 24.1 Å². The van der Waals surface area contributed by atoms with E-state index < -0.39 is 0 Å². The first-order valence-electron chi connectivity index (χ1n) is 8.95. The number of aromatic amines is 2. The first kappa shape index (κ1) is 16.6. The topological polar surface area (TPSA) is 81.8 Å². The smallest absolute Gasteiger partial charge is 0.254 e. The standard InChI is InChI=1S/C20H22N4O2/c1-12-16(14-5-3-4-6-17(14)21-12)11-19(25)24-9-7-15-18(8-10-24)22-13(2)23-20(15)26/h3-6,21H,7-11H2,1-2H3,(H,22,23,26). The summed E-state index contributed by atoms with van der Waals surface area (Å²) in [6.07, 6.45) is 1.55. The van der Waals surface area contributed by atoms with Gasteiger partial charge in [0.05, 0.1) is 12.1 Å². The van der Waals surface area contributed by atoms with Crippen LogP contribution in [0.4, 0.5) is 0 Å². The molecule has 0 saturated heterocycles. The van der Waals surface area contributed by atoms with Crippen molar-refractivity contribution in [2.24, 2.45) is 0 Å². The van der Waals surface area contributed by atoms with Crippen LogP contribution in [0.1, 0.15) is 28.3 Å². The Bertz CT molecular complexity index is 1050. The Hall–Kier alpha value is -2.89. The lowest BCUT2D eigenvalue weighted by atomic mass is 10.1. The van der Waals surface area contributed by atoms with E-state index >= 15 is 0 Å². The number of hydrogen-bond acceptors (Lipinski definition) is 3. The molecular weight excluding hydrogens is 328 g/mol. The number of rotatable bonds is 2. The van der Waals surface area contributed by atoms with E-state index in [1.54, 1.807) is 6.92 Å². The summed E-state index contributed by atoms with van der Waals surface area (Å²) < 4.78 is 0. The van der Waals surface area contributed by atoms with Crippen LogP contribution in [0.2, 0.25) is 0 Å². The van der Waals surface area contributed by atoms with Crippen molar-refractivity contribution in [1.29, 1.82) is 0 Å². The molecule has 1 aromatic carbocycles. The molecule has 3 aromatic rings. The summed E-state index contributed by atoms with van der Waals surface area (Å²) in [6.45, 7) is 4.95. The first-order valence-corrected chi connectivity index (χ1v) is 8.95. The molecule has 0 fully saturated rings. The molecule has 0 spiro atoms. The minimum absolute atomic E-state index is 0.0747. The summed E-state index contributed by atoms with van der Waals surface area (Å²) in [4.78, 5) is 37.5. The van der Waals surface area contributed by atoms with Crippen molar-refractivity contribution < 1.29 is 4.79 Å². The van der Waals surface area contributed by atoms with E-state index in [0.717, 1.165) is 27.9 Å². The van der Waals surface area contributed by atoms with Crippen LogP contribution < -0.4 is 5.56 Å². The number of carbonyl (C=O) groups is 1. The summed E-state index contributed by atoms with van der Waals surface area (Å²) in [7, 11) is 0. The van der Waals surface area contributed by atoms with Crippen LogP contribution in [0.3, 0.4) is 0 Å². The van der Waals surface area contributed by atoms with Gasteiger partial charge in [0.1, 0.15) is 5.82 Å². The number of carbonyl (C=O) groups excluding carboxylic acids is 1. The number of amides is 1. The number of nitrogens with zero attached hydrogens (tertiary/aromatic N) is 2. The molecule has 4 rings (SSSR count). The molecule has 1 aliphatic rings. The largest absolute Gasteiger partial charge is 0.358 e. The minimum Gasteiger partial charge on any atom is -0.358 e. The molecule has 2 N–H and O–H groups in total. The number of aromatic nitrogens is 3. The molecule has 26 heavy (non-hydrogen) atoms. The first-order chi connectivity index (χ1) is 12.5. The predicted octanol–water partition coefficient (Wildman–Crippen LogP) is 2.04. The van der Waals surface area contributed by atoms with Gasteiger partial charge in [-0.15, -0.1) is 0 Å². The predicted molar refractivity (Wildman–Crippen MR) is 100 cm³/mol. The highest BCUT2D eigenvalue weighted by Crippen LogP contribution is 2.23. The molecule has 3 heterocycles. The SMILES string of the molecule is Cc1nc2c(c(=O)[nH]1)CCN(C(=O)Cc1c(C)[nH]c3ccccc13)CC2. The normalized spacial score (nSPS) is 14.3. The molecule has 134 valence electrons. The Morgan fingerprint density at radius 1 is 1.15 bits per heavy atom. The third-order valence-corrected chi connectivity index (χ3v) is 5.18. The molecule has 1 aliphatic heterocycles. The molecule has 6 heteroatoms. The van der Waals surface area contributed by atoms with E-state index in [0.29, 0.717) is 43.7 Å². The van der Waals surface area contributed by atoms with Crippen molar-refractivity contribution in [1.82, 2.24) is 19.9 Å². The molecule has 0 bridgehead atoms. The fraction of sp³-hybridized carbons (Fsp3) is 0.350. The van der Waals surface area contributed by atoms with Gasteiger partial charge in [0.2, 0.25) is 5.91 Å². The molecule has 0 saturated carbocycles. The van der Waals surface area contributed by atoms with Crippen molar-refractivity contribution in [2.45, 2.75) is 33.1 Å². The Labute approximate surface area is 151 Å². The van der Waals surface area contributed by atoms with Gasteiger partial charge in [0, 0.05) is 41.7 Å². The second kappa shape index (κ2) is 6.44. The van der Waals surface area contributed by atoms with Crippen molar-refractivity contribution in [3.63, 3.8) is 0 Å². The van der Waals surface area contributed by atoms with Crippen LogP contribution in [0, 0.1) is 13.8 Å². The van der Waals surface area contributed by atoms with Crippen LogP contribution in [0.5, 0.6) is 0 Å². The maximum atomic E-state index is 12.9. The van der Waals surface area contributed by atoms with Gasteiger partial charge in [-0.1, -0.05) is 18.2 Å². The second-order valence-corrected chi connectivity index (χ2v) is 6.91. The number of fused-ring (bicyclic) bond motifs is 2. The highest BCUT2D eigenvalue weighted by molar-refractivity contribution is 5.90. The fourth-order valence-electron chi connectivity index (χ4n) is 3.81. The van der Waals surface area contributed by atoms with E-state index in [9.17, 15) is 9.59 Å². The Balaban J connectivity index is 1.55. The summed E-state index contributed by atoms with van der Waals surface area (Å²) in [6, 6.07) is 8.06. The monoisotopic (exact) mass is 350 g/mol. The number of aryl methyl sites for hydroxylation is 2. The van der Waals surface area contributed by atoms with Gasteiger partial charge in [-0.3, -0.25) is 9.59 Å². The molecule has 6 nitrogen and oxygen atoms in total. The molecule has 0 radical (unpaired) electrons. The Morgan fingerprint density at radius 2 is 1.92 bits per heavy atom. The summed E-state index contributed by atoms with van der Waals surface area (Å²) in [5, 5.41) is 1.10. The highest BCUT2D eigenvalue weighted by atomic mass is 16.2. The van der Waals surface area contributed by atoms with Crippen LogP contribution in [-0.4, -0.2) is 38.8 Å². The van der Waals surface area contributed by atoms with E-state index in [2.05, 4.69) is 15.0 Å². The van der Waals surface area contributed by atoms with E-state index in [1.165, 1.54) is 0 Å². The van der Waals surface area contributed by atoms with Crippen LogP contribution in [0.15, 0.2) is 29.1 Å². The Kier molecular flexibility index (Phi) is 4.11. The zero-order valence-corrected chi connectivity index (χ0v) is 15.1. The van der Waals surface area contributed by atoms with Gasteiger partial charge >= 0.3 is 0 Å². The van der Waals surface area contributed by atoms with Gasteiger partial charge in [0.25, 0.3) is 5.56 Å². The van der Waals surface area contributed by atoms with Crippen molar-refractivity contribution in [3.05, 3.63) is 63.0 Å². The van der Waals surface area contributed by atoms with Gasteiger partial charge < -0.3 is 14.9 Å². The minimum atomic E-state index is -0.0747. The number of nitrogens with one attached hydrogen (secondary N) is 2. The average molecular weight is 350 g/mol. The lowest BCUT2D eigenvalue weighted by Crippen LogP contribution is -2.34. The molecule has 2 aromatic heterocycles. The van der Waals surface area contributed by atoms with E-state index in [-0.39, 0.29) is 11.5 Å². The lowest BCUT2D eigenvalue weighted by molar-refractivity contribution is -0.130. The molecule has 0 atom stereocenters. The van der Waals surface area contributed by atoms with Crippen molar-refractivity contribution >= 4 is 16.8 Å². The lowest BCUT2D eigenvalue weighted by Gasteiger charge is -2.20. The Morgan fingerprint density at radius 3 is 2.77 bits per heavy atom. The van der Waals surface area contributed by atoms with Gasteiger partial charge in [0.15, 0.2) is 0 Å². The number of benzene rings is 1. The molecular formula is C20H22N4O2. The zero-order valence-electron chi connectivity index (χ0n) is 15.1. The molecule has 1 amide bonds. The summed E-state index contributed by atoms with van der Waals surface area (Å²) in [5.74, 6) is 0.724. The summed E-state index contributed by atoms with van der Waals surface area (Å²) >= 11 is 0. The second-order valence-electron chi connectivity index (χ2n) is 6.91. The van der Waals surface area contributed by atoms with Crippen molar-refractivity contribution in [2.75, 3.05) is 13.1 Å². The number of para-hydroxylation sites is 1.